The van der Waals surface area contributed by atoms with Gasteiger partial charge in [0.15, 0.2) is 0 Å². The smallest absolute Gasteiger partial charge is 0.244 e. The summed E-state index contributed by atoms with van der Waals surface area (Å²) in [5, 5.41) is 3.19. The molecule has 0 aliphatic carbocycles. The lowest BCUT2D eigenvalue weighted by Crippen LogP contribution is -2.32. The fourth-order valence-corrected chi connectivity index (χ4v) is 3.21. The monoisotopic (exact) mass is 288 g/mol. The molecule has 0 saturated carbocycles. The van der Waals surface area contributed by atoms with E-state index in [4.69, 9.17) is 4.42 Å². The Kier molecular flexibility index (Phi) is 6.03. The highest BCUT2D eigenvalue weighted by molar-refractivity contribution is 7.89. The van der Waals surface area contributed by atoms with Gasteiger partial charge in [-0.1, -0.05) is 13.8 Å². The normalized spacial score (nSPS) is 13.7. The van der Waals surface area contributed by atoms with Gasteiger partial charge in [0.2, 0.25) is 10.0 Å². The second-order valence-electron chi connectivity index (χ2n) is 4.74. The molecule has 0 amide bonds. The van der Waals surface area contributed by atoms with Gasteiger partial charge in [-0.05, 0) is 33.2 Å². The van der Waals surface area contributed by atoms with Crippen molar-refractivity contribution in [2.24, 2.45) is 0 Å². The summed E-state index contributed by atoms with van der Waals surface area (Å²) in [4.78, 5) is 0.237. The molecule has 1 atom stereocenters. The highest BCUT2D eigenvalue weighted by atomic mass is 32.2. The lowest BCUT2D eigenvalue weighted by atomic mass is 10.3. The minimum atomic E-state index is -3.48. The van der Waals surface area contributed by atoms with E-state index in [0.29, 0.717) is 18.1 Å². The molecule has 0 aromatic carbocycles. The molecular weight excluding hydrogens is 264 g/mol. The molecule has 1 aromatic heterocycles. The van der Waals surface area contributed by atoms with Gasteiger partial charge in [-0.15, -0.1) is 0 Å². The van der Waals surface area contributed by atoms with E-state index >= 15 is 0 Å². The van der Waals surface area contributed by atoms with E-state index in [-0.39, 0.29) is 10.9 Å². The molecule has 0 saturated heterocycles. The van der Waals surface area contributed by atoms with Gasteiger partial charge in [0, 0.05) is 12.1 Å². The predicted octanol–water partition coefficient (Wildman–Crippen LogP) is 2.16. The number of nitrogens with one attached hydrogen (secondary N) is 2. The van der Waals surface area contributed by atoms with Crippen LogP contribution in [0.1, 0.15) is 45.1 Å². The van der Waals surface area contributed by atoms with Crippen molar-refractivity contribution in [1.29, 1.82) is 0 Å². The fraction of sp³-hybridized carbons (Fsp3) is 0.692. The summed E-state index contributed by atoms with van der Waals surface area (Å²) < 4.78 is 32.5. The Morgan fingerprint density at radius 2 is 2.05 bits per heavy atom. The van der Waals surface area contributed by atoms with Crippen LogP contribution >= 0.6 is 0 Å². The number of sulfonamides is 1. The van der Waals surface area contributed by atoms with Crippen LogP contribution in [0.15, 0.2) is 15.4 Å². The number of rotatable bonds is 8. The number of furan rings is 1. The van der Waals surface area contributed by atoms with Gasteiger partial charge >= 0.3 is 0 Å². The van der Waals surface area contributed by atoms with Gasteiger partial charge in [0.25, 0.3) is 0 Å². The molecule has 0 spiro atoms. The minimum Gasteiger partial charge on any atom is -0.464 e. The van der Waals surface area contributed by atoms with E-state index in [0.717, 1.165) is 19.4 Å². The summed E-state index contributed by atoms with van der Waals surface area (Å²) in [6.45, 7) is 8.97. The highest BCUT2D eigenvalue weighted by Crippen LogP contribution is 2.20. The Hall–Kier alpha value is -0.850. The van der Waals surface area contributed by atoms with Crippen LogP contribution in [0, 0.1) is 6.92 Å². The van der Waals surface area contributed by atoms with Gasteiger partial charge in [0.05, 0.1) is 6.54 Å². The first kappa shape index (κ1) is 16.2. The molecule has 0 bridgehead atoms. The molecule has 0 radical (unpaired) electrons. The van der Waals surface area contributed by atoms with E-state index < -0.39 is 10.0 Å². The van der Waals surface area contributed by atoms with Crippen LogP contribution in [-0.4, -0.2) is 21.0 Å². The Morgan fingerprint density at radius 1 is 1.37 bits per heavy atom. The van der Waals surface area contributed by atoms with Crippen LogP contribution in [-0.2, 0) is 16.6 Å². The third-order valence-electron chi connectivity index (χ3n) is 2.91. The summed E-state index contributed by atoms with van der Waals surface area (Å²) >= 11 is 0. The van der Waals surface area contributed by atoms with Crippen LogP contribution in [0.2, 0.25) is 0 Å². The van der Waals surface area contributed by atoms with Gasteiger partial charge in [-0.25, -0.2) is 13.1 Å². The van der Waals surface area contributed by atoms with Gasteiger partial charge in [0.1, 0.15) is 16.4 Å². The van der Waals surface area contributed by atoms with Crippen molar-refractivity contribution in [3.05, 3.63) is 17.6 Å². The first-order valence-corrected chi connectivity index (χ1v) is 8.21. The predicted molar refractivity (Wildman–Crippen MR) is 75.5 cm³/mol. The van der Waals surface area contributed by atoms with Gasteiger partial charge in [-0.3, -0.25) is 0 Å². The van der Waals surface area contributed by atoms with Crippen LogP contribution in [0.5, 0.6) is 0 Å². The zero-order chi connectivity index (χ0) is 14.5. The van der Waals surface area contributed by atoms with E-state index in [1.54, 1.807) is 13.0 Å². The van der Waals surface area contributed by atoms with E-state index in [9.17, 15) is 8.42 Å². The maximum atomic E-state index is 12.2. The quantitative estimate of drug-likeness (QED) is 0.719. The molecular formula is C13H24N2O3S. The van der Waals surface area contributed by atoms with E-state index in [1.807, 2.05) is 13.8 Å². The summed E-state index contributed by atoms with van der Waals surface area (Å²) in [5.41, 5.74) is 0. The Balaban J connectivity index is 2.83. The molecule has 6 heteroatoms. The molecule has 2 N–H and O–H groups in total. The molecule has 1 rings (SSSR count). The number of hydrogen-bond acceptors (Lipinski definition) is 4. The Bertz CT molecular complexity index is 494. The average Bonchev–Trinajstić information content (AvgIpc) is 2.71. The van der Waals surface area contributed by atoms with Crippen molar-refractivity contribution in [3.8, 4) is 0 Å². The lowest BCUT2D eigenvalue weighted by Gasteiger charge is -2.10. The van der Waals surface area contributed by atoms with E-state index in [2.05, 4.69) is 17.0 Å². The van der Waals surface area contributed by atoms with Crippen molar-refractivity contribution in [3.63, 3.8) is 0 Å². The van der Waals surface area contributed by atoms with Crippen LogP contribution in [0.25, 0.3) is 0 Å². The third kappa shape index (κ3) is 4.63. The summed E-state index contributed by atoms with van der Waals surface area (Å²) in [6, 6.07) is 1.52. The maximum Gasteiger partial charge on any atom is 0.244 e. The van der Waals surface area contributed by atoms with Crippen LogP contribution in [0.4, 0.5) is 0 Å². The standard InChI is InChI=1S/C13H24N2O3S/c1-5-7-14-9-12-8-13(11(4)18-12)19(16,17)15-10(3)6-2/h8,10,14-15H,5-7,9H2,1-4H3. The van der Waals surface area contributed by atoms with Crippen molar-refractivity contribution in [2.75, 3.05) is 6.54 Å². The molecule has 1 heterocycles. The maximum absolute atomic E-state index is 12.2. The second kappa shape index (κ2) is 7.07. The lowest BCUT2D eigenvalue weighted by molar-refractivity contribution is 0.457. The van der Waals surface area contributed by atoms with Crippen molar-refractivity contribution in [2.45, 2.75) is 58.0 Å². The first-order valence-electron chi connectivity index (χ1n) is 6.73. The topological polar surface area (TPSA) is 71.3 Å². The molecule has 1 unspecified atom stereocenters. The second-order valence-corrected chi connectivity index (χ2v) is 6.42. The largest absolute Gasteiger partial charge is 0.464 e. The molecule has 0 fully saturated rings. The number of hydrogen-bond donors (Lipinski definition) is 2. The van der Waals surface area contributed by atoms with Gasteiger partial charge in [-0.2, -0.15) is 0 Å². The molecule has 110 valence electrons. The van der Waals surface area contributed by atoms with Crippen LogP contribution < -0.4 is 10.0 Å². The third-order valence-corrected chi connectivity index (χ3v) is 4.60. The summed E-state index contributed by atoms with van der Waals surface area (Å²) in [6.07, 6.45) is 1.78. The number of aryl methyl sites for hydroxylation is 1. The first-order chi connectivity index (χ1) is 8.90. The Morgan fingerprint density at radius 3 is 2.63 bits per heavy atom. The van der Waals surface area contributed by atoms with Crippen LogP contribution in [0.3, 0.4) is 0 Å². The molecule has 0 aliphatic rings. The minimum absolute atomic E-state index is 0.0824. The Labute approximate surface area is 115 Å². The van der Waals surface area contributed by atoms with Crippen molar-refractivity contribution in [1.82, 2.24) is 10.0 Å². The van der Waals surface area contributed by atoms with Gasteiger partial charge < -0.3 is 9.73 Å². The fourth-order valence-electron chi connectivity index (χ4n) is 1.68. The van der Waals surface area contributed by atoms with E-state index in [1.165, 1.54) is 0 Å². The van der Waals surface area contributed by atoms with Crippen molar-refractivity contribution < 1.29 is 12.8 Å². The zero-order valence-electron chi connectivity index (χ0n) is 12.1. The highest BCUT2D eigenvalue weighted by Gasteiger charge is 2.22. The molecule has 19 heavy (non-hydrogen) atoms. The molecule has 1 aromatic rings. The average molecular weight is 288 g/mol. The van der Waals surface area contributed by atoms with Crippen molar-refractivity contribution >= 4 is 10.0 Å². The molecule has 5 nitrogen and oxygen atoms in total. The SMILES string of the molecule is CCCNCc1cc(S(=O)(=O)NC(C)CC)c(C)o1. The summed E-state index contributed by atoms with van der Waals surface area (Å²) in [5.74, 6) is 1.08. The molecule has 0 aliphatic heterocycles. The summed E-state index contributed by atoms with van der Waals surface area (Å²) in [7, 11) is -3.48. The zero-order valence-corrected chi connectivity index (χ0v) is 12.9.